The Morgan fingerprint density at radius 2 is 2.00 bits per heavy atom. The molecule has 0 aliphatic carbocycles. The van der Waals surface area contributed by atoms with E-state index >= 15 is 0 Å². The minimum absolute atomic E-state index is 0.332. The first kappa shape index (κ1) is 18.9. The van der Waals surface area contributed by atoms with Gasteiger partial charge in [0.1, 0.15) is 5.75 Å². The van der Waals surface area contributed by atoms with Gasteiger partial charge in [-0.1, -0.05) is 0 Å². The second-order valence-electron chi connectivity index (χ2n) is 4.58. The molecule has 0 aliphatic rings. The molecule has 0 unspecified atom stereocenters. The molecular formula is C16H23NO6. The zero-order valence-corrected chi connectivity index (χ0v) is 13.7. The van der Waals surface area contributed by atoms with Gasteiger partial charge in [-0.05, 0) is 25.1 Å². The molecule has 1 N–H and O–H groups in total. The van der Waals surface area contributed by atoms with Crippen molar-refractivity contribution in [3.8, 4) is 5.75 Å². The molecule has 1 aromatic carbocycles. The lowest BCUT2D eigenvalue weighted by molar-refractivity contribution is -0.124. The third kappa shape index (κ3) is 6.66. The molecule has 23 heavy (non-hydrogen) atoms. The molecule has 0 fully saturated rings. The molecular weight excluding hydrogens is 302 g/mol. The van der Waals surface area contributed by atoms with Crippen LogP contribution in [0.3, 0.4) is 0 Å². The molecule has 0 saturated heterocycles. The summed E-state index contributed by atoms with van der Waals surface area (Å²) in [5.41, 5.74) is 1.08. The summed E-state index contributed by atoms with van der Waals surface area (Å²) >= 11 is 0. The van der Waals surface area contributed by atoms with Gasteiger partial charge < -0.3 is 24.3 Å². The molecule has 0 bridgehead atoms. The Morgan fingerprint density at radius 1 is 1.22 bits per heavy atom. The van der Waals surface area contributed by atoms with Crippen molar-refractivity contribution in [2.45, 2.75) is 13.5 Å². The average molecular weight is 325 g/mol. The molecule has 0 aliphatic heterocycles. The molecule has 7 nitrogen and oxygen atoms in total. The van der Waals surface area contributed by atoms with Gasteiger partial charge >= 0.3 is 5.97 Å². The summed E-state index contributed by atoms with van der Waals surface area (Å²) in [7, 11) is 3.09. The van der Waals surface area contributed by atoms with Crippen LogP contribution >= 0.6 is 0 Å². The third-order valence-electron chi connectivity index (χ3n) is 2.94. The molecule has 1 aromatic rings. The molecule has 0 atom stereocenters. The number of amides is 1. The Balaban J connectivity index is 2.60. The number of benzene rings is 1. The van der Waals surface area contributed by atoms with Crippen LogP contribution in [0, 0.1) is 0 Å². The monoisotopic (exact) mass is 325 g/mol. The Morgan fingerprint density at radius 3 is 2.65 bits per heavy atom. The lowest BCUT2D eigenvalue weighted by Gasteiger charge is -2.11. The normalized spacial score (nSPS) is 10.2. The van der Waals surface area contributed by atoms with Crippen molar-refractivity contribution < 1.29 is 28.5 Å². The molecule has 0 radical (unpaired) electrons. The first-order valence-electron chi connectivity index (χ1n) is 7.29. The van der Waals surface area contributed by atoms with Gasteiger partial charge in [-0.2, -0.15) is 0 Å². The number of hydrogen-bond donors (Lipinski definition) is 1. The molecule has 0 aromatic heterocycles. The van der Waals surface area contributed by atoms with Gasteiger partial charge in [-0.3, -0.25) is 4.79 Å². The standard InChI is InChI=1S/C16H23NO6/c1-4-22-10-13-9-12(5-6-14(13)21-3)16(19)23-11-15(18)17-7-8-20-2/h5-6,9H,4,7-8,10-11H2,1-3H3,(H,17,18). The maximum atomic E-state index is 12.0. The number of ether oxygens (including phenoxy) is 4. The van der Waals surface area contributed by atoms with E-state index in [1.165, 1.54) is 7.11 Å². The van der Waals surface area contributed by atoms with E-state index < -0.39 is 5.97 Å². The van der Waals surface area contributed by atoms with Crippen molar-refractivity contribution >= 4 is 11.9 Å². The number of methoxy groups -OCH3 is 2. The smallest absolute Gasteiger partial charge is 0.338 e. The Labute approximate surface area is 135 Å². The Hall–Kier alpha value is -2.12. The maximum Gasteiger partial charge on any atom is 0.338 e. The molecule has 0 spiro atoms. The molecule has 0 saturated carbocycles. The van der Waals surface area contributed by atoms with E-state index in [9.17, 15) is 9.59 Å². The highest BCUT2D eigenvalue weighted by atomic mass is 16.5. The number of hydrogen-bond acceptors (Lipinski definition) is 6. The van der Waals surface area contributed by atoms with Gasteiger partial charge in [0.15, 0.2) is 6.61 Å². The van der Waals surface area contributed by atoms with E-state index in [0.717, 1.165) is 5.56 Å². The second kappa shape index (κ2) is 10.6. The lowest BCUT2D eigenvalue weighted by atomic mass is 10.1. The second-order valence-corrected chi connectivity index (χ2v) is 4.58. The molecule has 1 rings (SSSR count). The van der Waals surface area contributed by atoms with Crippen LogP contribution in [-0.2, 0) is 25.6 Å². The van der Waals surface area contributed by atoms with Gasteiger partial charge in [-0.25, -0.2) is 4.79 Å². The van der Waals surface area contributed by atoms with Crippen LogP contribution in [0.4, 0.5) is 0 Å². The fourth-order valence-electron chi connectivity index (χ4n) is 1.79. The highest BCUT2D eigenvalue weighted by Crippen LogP contribution is 2.21. The third-order valence-corrected chi connectivity index (χ3v) is 2.94. The van der Waals surface area contributed by atoms with Crippen LogP contribution in [0.1, 0.15) is 22.8 Å². The summed E-state index contributed by atoms with van der Waals surface area (Å²) in [5, 5.41) is 2.57. The number of carbonyl (C=O) groups excluding carboxylic acids is 2. The van der Waals surface area contributed by atoms with Crippen LogP contribution in [0.25, 0.3) is 0 Å². The molecule has 128 valence electrons. The number of nitrogens with one attached hydrogen (secondary N) is 1. The van der Waals surface area contributed by atoms with Gasteiger partial charge in [0.25, 0.3) is 5.91 Å². The highest BCUT2D eigenvalue weighted by Gasteiger charge is 2.13. The van der Waals surface area contributed by atoms with E-state index in [0.29, 0.717) is 37.7 Å². The zero-order chi connectivity index (χ0) is 17.1. The van der Waals surface area contributed by atoms with E-state index in [1.807, 2.05) is 6.92 Å². The topological polar surface area (TPSA) is 83.1 Å². The van der Waals surface area contributed by atoms with Crippen molar-refractivity contribution in [2.24, 2.45) is 0 Å². The Kier molecular flexibility index (Phi) is 8.71. The van der Waals surface area contributed by atoms with Crippen LogP contribution in [-0.4, -0.2) is 52.5 Å². The largest absolute Gasteiger partial charge is 0.496 e. The van der Waals surface area contributed by atoms with Crippen molar-refractivity contribution in [3.05, 3.63) is 29.3 Å². The Bertz CT molecular complexity index is 517. The average Bonchev–Trinajstić information content (AvgIpc) is 2.57. The number of rotatable bonds is 10. The minimum Gasteiger partial charge on any atom is -0.496 e. The predicted molar refractivity (Wildman–Crippen MR) is 83.5 cm³/mol. The van der Waals surface area contributed by atoms with Crippen molar-refractivity contribution in [2.75, 3.05) is 40.6 Å². The van der Waals surface area contributed by atoms with E-state index in [4.69, 9.17) is 18.9 Å². The van der Waals surface area contributed by atoms with Crippen molar-refractivity contribution in [3.63, 3.8) is 0 Å². The van der Waals surface area contributed by atoms with Gasteiger partial charge in [0.05, 0.1) is 25.9 Å². The zero-order valence-electron chi connectivity index (χ0n) is 13.7. The summed E-state index contributed by atoms with van der Waals surface area (Å²) in [6.45, 7) is 3.20. The number of esters is 1. The van der Waals surface area contributed by atoms with E-state index in [2.05, 4.69) is 5.32 Å². The quantitative estimate of drug-likeness (QED) is 0.513. The van der Waals surface area contributed by atoms with Crippen molar-refractivity contribution in [1.82, 2.24) is 5.32 Å². The maximum absolute atomic E-state index is 12.0. The summed E-state index contributed by atoms with van der Waals surface area (Å²) in [4.78, 5) is 23.5. The van der Waals surface area contributed by atoms with Crippen LogP contribution < -0.4 is 10.1 Å². The summed E-state index contributed by atoms with van der Waals surface area (Å²) in [6, 6.07) is 4.89. The SMILES string of the molecule is CCOCc1cc(C(=O)OCC(=O)NCCOC)ccc1OC. The first-order chi connectivity index (χ1) is 11.1. The van der Waals surface area contributed by atoms with Gasteiger partial charge in [0.2, 0.25) is 0 Å². The first-order valence-corrected chi connectivity index (χ1v) is 7.29. The minimum atomic E-state index is -0.577. The fraction of sp³-hybridized carbons (Fsp3) is 0.500. The van der Waals surface area contributed by atoms with E-state index in [1.54, 1.807) is 25.3 Å². The van der Waals surface area contributed by atoms with Crippen LogP contribution in [0.2, 0.25) is 0 Å². The summed E-state index contributed by atoms with van der Waals surface area (Å²) in [5.74, 6) is -0.321. The van der Waals surface area contributed by atoms with Crippen LogP contribution in [0.15, 0.2) is 18.2 Å². The predicted octanol–water partition coefficient (Wildman–Crippen LogP) is 1.15. The fourth-order valence-corrected chi connectivity index (χ4v) is 1.79. The van der Waals surface area contributed by atoms with Crippen molar-refractivity contribution in [1.29, 1.82) is 0 Å². The summed E-state index contributed by atoms with van der Waals surface area (Å²) in [6.07, 6.45) is 0. The number of carbonyl (C=O) groups is 2. The van der Waals surface area contributed by atoms with Gasteiger partial charge in [-0.15, -0.1) is 0 Å². The molecule has 7 heteroatoms. The van der Waals surface area contributed by atoms with Gasteiger partial charge in [0, 0.05) is 25.8 Å². The van der Waals surface area contributed by atoms with E-state index in [-0.39, 0.29) is 12.5 Å². The lowest BCUT2D eigenvalue weighted by Crippen LogP contribution is -2.31. The van der Waals surface area contributed by atoms with Crippen LogP contribution in [0.5, 0.6) is 5.75 Å². The molecule has 1 amide bonds. The summed E-state index contributed by atoms with van der Waals surface area (Å²) < 4.78 is 20.4. The highest BCUT2D eigenvalue weighted by molar-refractivity contribution is 5.91. The molecule has 0 heterocycles.